The van der Waals surface area contributed by atoms with Crippen molar-refractivity contribution in [3.8, 4) is 0 Å². The van der Waals surface area contributed by atoms with Crippen LogP contribution in [0.15, 0.2) is 42.9 Å². The molecule has 3 amide bonds. The third kappa shape index (κ3) is 9.31. The van der Waals surface area contributed by atoms with Crippen molar-refractivity contribution in [1.29, 1.82) is 0 Å². The Morgan fingerprint density at radius 3 is 2.41 bits per heavy atom. The van der Waals surface area contributed by atoms with E-state index in [-0.39, 0.29) is 18.9 Å². The van der Waals surface area contributed by atoms with Crippen molar-refractivity contribution in [3.05, 3.63) is 54.1 Å². The maximum Gasteiger partial charge on any atom is 0.407 e. The zero-order valence-electron chi connectivity index (χ0n) is 19.5. The number of carbonyl (C=O) groups is 4. The molecule has 1 aromatic heterocycles. The number of hydrogen-bond acceptors (Lipinski definition) is 7. The van der Waals surface area contributed by atoms with Crippen LogP contribution in [0.4, 0.5) is 4.79 Å². The molecule has 0 aliphatic heterocycles. The van der Waals surface area contributed by atoms with Crippen molar-refractivity contribution >= 4 is 23.9 Å². The van der Waals surface area contributed by atoms with Crippen LogP contribution in [0.5, 0.6) is 0 Å². The first-order chi connectivity index (χ1) is 16.3. The minimum absolute atomic E-state index is 0.0588. The maximum absolute atomic E-state index is 12.9. The smallest absolute Gasteiger partial charge is 0.407 e. The molecule has 0 aliphatic carbocycles. The van der Waals surface area contributed by atoms with Gasteiger partial charge in [0, 0.05) is 12.6 Å². The first-order valence-electron chi connectivity index (χ1n) is 10.9. The van der Waals surface area contributed by atoms with Gasteiger partial charge in [0.2, 0.25) is 11.8 Å². The average Bonchev–Trinajstić information content (AvgIpc) is 3.33. The lowest BCUT2D eigenvalue weighted by Crippen LogP contribution is -2.54. The van der Waals surface area contributed by atoms with Crippen LogP contribution in [-0.2, 0) is 36.9 Å². The molecule has 0 radical (unpaired) electrons. The first kappa shape index (κ1) is 26.4. The fourth-order valence-corrected chi connectivity index (χ4v) is 3.09. The predicted octanol–water partition coefficient (Wildman–Crippen LogP) is 1.07. The van der Waals surface area contributed by atoms with Gasteiger partial charge in [-0.05, 0) is 17.9 Å². The van der Waals surface area contributed by atoms with Crippen LogP contribution in [-0.4, -0.2) is 59.6 Å². The van der Waals surface area contributed by atoms with E-state index in [0.29, 0.717) is 12.1 Å². The standard InChI is InChI=1S/C23H31N5O6/c1-15(2)9-19(22(31)33-3)28-21(30)18(10-17-11-24-14-26-17)27-20(29)12-25-23(32)34-13-16-7-5-4-6-8-16/h4-8,11,14-15,18-19H,9-10,12-13H2,1-3H3,(H,24,26)(H,25,32)(H,27,29)(H,28,30)/t18-,19-/m0/s1. The third-order valence-corrected chi connectivity index (χ3v) is 4.74. The monoisotopic (exact) mass is 473 g/mol. The second-order valence-corrected chi connectivity index (χ2v) is 8.01. The highest BCUT2D eigenvalue weighted by atomic mass is 16.5. The Balaban J connectivity index is 1.94. The third-order valence-electron chi connectivity index (χ3n) is 4.74. The summed E-state index contributed by atoms with van der Waals surface area (Å²) in [5, 5.41) is 7.56. The Bertz CT molecular complexity index is 933. The number of methoxy groups -OCH3 is 1. The Morgan fingerprint density at radius 2 is 1.79 bits per heavy atom. The van der Waals surface area contributed by atoms with Gasteiger partial charge >= 0.3 is 12.1 Å². The van der Waals surface area contributed by atoms with Gasteiger partial charge in [0.1, 0.15) is 25.2 Å². The number of nitrogens with one attached hydrogen (secondary N) is 4. The van der Waals surface area contributed by atoms with E-state index in [1.165, 1.54) is 13.4 Å². The highest BCUT2D eigenvalue weighted by Gasteiger charge is 2.28. The number of aromatic nitrogens is 2. The number of carbonyl (C=O) groups excluding carboxylic acids is 4. The second kappa shape index (κ2) is 13.6. The largest absolute Gasteiger partial charge is 0.467 e. The van der Waals surface area contributed by atoms with E-state index in [2.05, 4.69) is 25.9 Å². The van der Waals surface area contributed by atoms with E-state index in [0.717, 1.165) is 5.56 Å². The molecule has 2 rings (SSSR count). The van der Waals surface area contributed by atoms with Crippen molar-refractivity contribution < 1.29 is 28.7 Å². The van der Waals surface area contributed by atoms with Gasteiger partial charge in [0.25, 0.3) is 0 Å². The maximum atomic E-state index is 12.9. The van der Waals surface area contributed by atoms with Crippen LogP contribution in [0.25, 0.3) is 0 Å². The molecule has 0 spiro atoms. The van der Waals surface area contributed by atoms with Crippen LogP contribution >= 0.6 is 0 Å². The van der Waals surface area contributed by atoms with Crippen molar-refractivity contribution in [3.63, 3.8) is 0 Å². The number of rotatable bonds is 12. The average molecular weight is 474 g/mol. The van der Waals surface area contributed by atoms with Gasteiger partial charge in [-0.1, -0.05) is 44.2 Å². The number of imidazole rings is 1. The number of benzene rings is 1. The van der Waals surface area contributed by atoms with E-state index in [1.54, 1.807) is 18.3 Å². The molecule has 0 bridgehead atoms. The molecule has 1 aromatic carbocycles. The highest BCUT2D eigenvalue weighted by molar-refractivity contribution is 5.92. The summed E-state index contributed by atoms with van der Waals surface area (Å²) >= 11 is 0. The molecule has 2 aromatic rings. The van der Waals surface area contributed by atoms with E-state index in [9.17, 15) is 19.2 Å². The molecular formula is C23H31N5O6. The first-order valence-corrected chi connectivity index (χ1v) is 10.9. The van der Waals surface area contributed by atoms with Gasteiger partial charge in [-0.2, -0.15) is 0 Å². The molecule has 2 atom stereocenters. The molecule has 11 heteroatoms. The fourth-order valence-electron chi connectivity index (χ4n) is 3.09. The predicted molar refractivity (Wildman–Crippen MR) is 122 cm³/mol. The number of esters is 1. The van der Waals surface area contributed by atoms with Gasteiger partial charge in [-0.3, -0.25) is 9.59 Å². The fraction of sp³-hybridized carbons (Fsp3) is 0.435. The Labute approximate surface area is 198 Å². The van der Waals surface area contributed by atoms with E-state index < -0.39 is 42.5 Å². The zero-order chi connectivity index (χ0) is 24.9. The van der Waals surface area contributed by atoms with Crippen LogP contribution in [0, 0.1) is 5.92 Å². The molecule has 0 unspecified atom stereocenters. The molecule has 184 valence electrons. The van der Waals surface area contributed by atoms with E-state index >= 15 is 0 Å². The summed E-state index contributed by atoms with van der Waals surface area (Å²) in [6.07, 6.45) is 2.73. The Kier molecular flexibility index (Phi) is 10.6. The quantitative estimate of drug-likeness (QED) is 0.337. The zero-order valence-corrected chi connectivity index (χ0v) is 19.5. The molecule has 0 saturated heterocycles. The molecule has 0 saturated carbocycles. The molecule has 0 aliphatic rings. The minimum Gasteiger partial charge on any atom is -0.467 e. The van der Waals surface area contributed by atoms with Crippen molar-refractivity contribution in [2.24, 2.45) is 5.92 Å². The minimum atomic E-state index is -1.03. The number of nitrogens with zero attached hydrogens (tertiary/aromatic N) is 1. The van der Waals surface area contributed by atoms with Crippen LogP contribution < -0.4 is 16.0 Å². The molecule has 4 N–H and O–H groups in total. The molecular weight excluding hydrogens is 442 g/mol. The molecule has 1 heterocycles. The number of alkyl carbamates (subject to hydrolysis) is 1. The number of aromatic amines is 1. The lowest BCUT2D eigenvalue weighted by atomic mass is 10.0. The molecule has 34 heavy (non-hydrogen) atoms. The summed E-state index contributed by atoms with van der Waals surface area (Å²) in [6, 6.07) is 7.21. The van der Waals surface area contributed by atoms with Crippen LogP contribution in [0.3, 0.4) is 0 Å². The lowest BCUT2D eigenvalue weighted by molar-refractivity contribution is -0.145. The Morgan fingerprint density at radius 1 is 1.06 bits per heavy atom. The van der Waals surface area contributed by atoms with Gasteiger partial charge in [0.15, 0.2) is 0 Å². The van der Waals surface area contributed by atoms with Crippen LogP contribution in [0.1, 0.15) is 31.5 Å². The van der Waals surface area contributed by atoms with Crippen molar-refractivity contribution in [2.45, 2.75) is 45.4 Å². The van der Waals surface area contributed by atoms with Gasteiger partial charge in [-0.25, -0.2) is 14.6 Å². The number of H-pyrrole nitrogens is 1. The second-order valence-electron chi connectivity index (χ2n) is 8.01. The number of amides is 3. The lowest BCUT2D eigenvalue weighted by Gasteiger charge is -2.23. The highest BCUT2D eigenvalue weighted by Crippen LogP contribution is 2.08. The van der Waals surface area contributed by atoms with Gasteiger partial charge in [-0.15, -0.1) is 0 Å². The van der Waals surface area contributed by atoms with Crippen molar-refractivity contribution in [1.82, 2.24) is 25.9 Å². The van der Waals surface area contributed by atoms with E-state index in [4.69, 9.17) is 9.47 Å². The van der Waals surface area contributed by atoms with Gasteiger partial charge < -0.3 is 30.4 Å². The summed E-state index contributed by atoms with van der Waals surface area (Å²) < 4.78 is 9.85. The normalized spacial score (nSPS) is 12.4. The SMILES string of the molecule is COC(=O)[C@H](CC(C)C)NC(=O)[C@H](Cc1c[nH]cn1)NC(=O)CNC(=O)OCc1ccccc1. The summed E-state index contributed by atoms with van der Waals surface area (Å²) in [5.74, 6) is -1.63. The topological polar surface area (TPSA) is 152 Å². The van der Waals surface area contributed by atoms with Crippen molar-refractivity contribution in [2.75, 3.05) is 13.7 Å². The van der Waals surface area contributed by atoms with Gasteiger partial charge in [0.05, 0.1) is 19.1 Å². The van der Waals surface area contributed by atoms with E-state index in [1.807, 2.05) is 32.0 Å². The van der Waals surface area contributed by atoms with Crippen LogP contribution in [0.2, 0.25) is 0 Å². The summed E-state index contributed by atoms with van der Waals surface area (Å²) in [5.41, 5.74) is 1.34. The summed E-state index contributed by atoms with van der Waals surface area (Å²) in [6.45, 7) is 3.48. The molecule has 0 fully saturated rings. The number of ether oxygens (including phenoxy) is 2. The molecule has 11 nitrogen and oxygen atoms in total. The number of hydrogen-bond donors (Lipinski definition) is 4. The Hall–Kier alpha value is -3.89. The summed E-state index contributed by atoms with van der Waals surface area (Å²) in [7, 11) is 1.24. The summed E-state index contributed by atoms with van der Waals surface area (Å²) in [4.78, 5) is 56.2.